The fraction of sp³-hybridized carbons (Fsp3) is 0.600. The first-order valence-electron chi connectivity index (χ1n) is 6.68. The van der Waals surface area contributed by atoms with Gasteiger partial charge in [-0.2, -0.15) is 0 Å². The van der Waals surface area contributed by atoms with E-state index in [1.165, 1.54) is 6.07 Å². The van der Waals surface area contributed by atoms with Gasteiger partial charge in [-0.05, 0) is 45.1 Å². The molecule has 2 unspecified atom stereocenters. The van der Waals surface area contributed by atoms with Gasteiger partial charge in [0.05, 0.1) is 11.7 Å². The lowest BCUT2D eigenvalue weighted by molar-refractivity contribution is 0.0341. The molecule has 0 spiro atoms. The Kier molecular flexibility index (Phi) is 4.36. The first-order chi connectivity index (χ1) is 8.59. The summed E-state index contributed by atoms with van der Waals surface area (Å²) in [6.45, 7) is 2.54. The van der Waals surface area contributed by atoms with Gasteiger partial charge in [0.15, 0.2) is 0 Å². The van der Waals surface area contributed by atoms with Crippen LogP contribution in [-0.4, -0.2) is 17.8 Å². The molecule has 1 aromatic carbocycles. The van der Waals surface area contributed by atoms with Crippen LogP contribution in [0.5, 0.6) is 0 Å². The maximum Gasteiger partial charge on any atom is 0.129 e. The predicted molar refractivity (Wildman–Crippen MR) is 68.8 cm³/mol. The van der Waals surface area contributed by atoms with Crippen LogP contribution in [0.2, 0.25) is 0 Å². The van der Waals surface area contributed by atoms with Gasteiger partial charge < -0.3 is 9.84 Å². The van der Waals surface area contributed by atoms with Crippen molar-refractivity contribution in [3.05, 3.63) is 35.6 Å². The largest absolute Gasteiger partial charge is 0.385 e. The van der Waals surface area contributed by atoms with E-state index in [9.17, 15) is 9.50 Å². The molecule has 2 rings (SSSR count). The standard InChI is InChI=1S/C15H21FO2/c1-15(17,13-8-2-3-9-14(13)16)10-4-6-12-7-5-11-18-12/h2-3,8-9,12,17H,4-7,10-11H2,1H3. The Hall–Kier alpha value is -0.930. The number of rotatable bonds is 5. The molecule has 1 heterocycles. The summed E-state index contributed by atoms with van der Waals surface area (Å²) in [5.41, 5.74) is -0.707. The number of hydrogen-bond acceptors (Lipinski definition) is 2. The van der Waals surface area contributed by atoms with E-state index in [0.717, 1.165) is 32.3 Å². The second-order valence-corrected chi connectivity index (χ2v) is 5.28. The lowest BCUT2D eigenvalue weighted by Crippen LogP contribution is -2.23. The van der Waals surface area contributed by atoms with E-state index in [-0.39, 0.29) is 5.82 Å². The molecule has 0 saturated carbocycles. The molecule has 0 bridgehead atoms. The molecular weight excluding hydrogens is 231 g/mol. The molecule has 2 atom stereocenters. The van der Waals surface area contributed by atoms with E-state index < -0.39 is 5.60 Å². The van der Waals surface area contributed by atoms with Gasteiger partial charge in [0.1, 0.15) is 5.82 Å². The summed E-state index contributed by atoms with van der Waals surface area (Å²) in [7, 11) is 0. The third-order valence-electron chi connectivity index (χ3n) is 3.67. The molecule has 0 radical (unpaired) electrons. The average Bonchev–Trinajstić information content (AvgIpc) is 2.82. The van der Waals surface area contributed by atoms with Crippen molar-refractivity contribution in [2.45, 2.75) is 50.7 Å². The van der Waals surface area contributed by atoms with E-state index in [4.69, 9.17) is 4.74 Å². The highest BCUT2D eigenvalue weighted by Crippen LogP contribution is 2.29. The van der Waals surface area contributed by atoms with Crippen molar-refractivity contribution in [3.8, 4) is 0 Å². The maximum absolute atomic E-state index is 13.6. The number of hydrogen-bond donors (Lipinski definition) is 1. The second-order valence-electron chi connectivity index (χ2n) is 5.28. The molecule has 100 valence electrons. The molecule has 1 N–H and O–H groups in total. The Bertz CT molecular complexity index is 384. The van der Waals surface area contributed by atoms with E-state index in [1.54, 1.807) is 25.1 Å². The van der Waals surface area contributed by atoms with Crippen molar-refractivity contribution in [1.82, 2.24) is 0 Å². The minimum absolute atomic E-state index is 0.334. The van der Waals surface area contributed by atoms with Crippen molar-refractivity contribution >= 4 is 0 Å². The van der Waals surface area contributed by atoms with Crippen molar-refractivity contribution < 1.29 is 14.2 Å². The highest BCUT2D eigenvalue weighted by molar-refractivity contribution is 5.23. The van der Waals surface area contributed by atoms with Crippen LogP contribution < -0.4 is 0 Å². The molecule has 0 aromatic heterocycles. The molecule has 1 saturated heterocycles. The van der Waals surface area contributed by atoms with Gasteiger partial charge in [0, 0.05) is 12.2 Å². The number of ether oxygens (including phenoxy) is 1. The van der Waals surface area contributed by atoms with Crippen LogP contribution in [0.1, 0.15) is 44.6 Å². The molecular formula is C15H21FO2. The Morgan fingerprint density at radius 1 is 1.44 bits per heavy atom. The normalized spacial score (nSPS) is 22.9. The van der Waals surface area contributed by atoms with Crippen molar-refractivity contribution in [3.63, 3.8) is 0 Å². The molecule has 2 nitrogen and oxygen atoms in total. The van der Waals surface area contributed by atoms with E-state index >= 15 is 0 Å². The zero-order valence-electron chi connectivity index (χ0n) is 10.9. The molecule has 3 heteroatoms. The molecule has 1 aromatic rings. The molecule has 1 fully saturated rings. The minimum Gasteiger partial charge on any atom is -0.385 e. The van der Waals surface area contributed by atoms with Crippen molar-refractivity contribution in [2.75, 3.05) is 6.61 Å². The van der Waals surface area contributed by atoms with Gasteiger partial charge in [-0.15, -0.1) is 0 Å². The van der Waals surface area contributed by atoms with Crippen LogP contribution in [0, 0.1) is 5.82 Å². The summed E-state index contributed by atoms with van der Waals surface area (Å²) in [5, 5.41) is 10.4. The van der Waals surface area contributed by atoms with Crippen molar-refractivity contribution in [1.29, 1.82) is 0 Å². The third kappa shape index (κ3) is 3.30. The number of halogens is 1. The molecule has 1 aliphatic rings. The Morgan fingerprint density at radius 3 is 2.89 bits per heavy atom. The fourth-order valence-electron chi connectivity index (χ4n) is 2.58. The van der Waals surface area contributed by atoms with Crippen LogP contribution in [0.4, 0.5) is 4.39 Å². The second kappa shape index (κ2) is 5.81. The van der Waals surface area contributed by atoms with Gasteiger partial charge >= 0.3 is 0 Å². The van der Waals surface area contributed by atoms with Gasteiger partial charge in [-0.1, -0.05) is 18.2 Å². The molecule has 0 aliphatic carbocycles. The van der Waals surface area contributed by atoms with Crippen LogP contribution >= 0.6 is 0 Å². The zero-order chi connectivity index (χ0) is 13.0. The van der Waals surface area contributed by atoms with Crippen LogP contribution in [0.3, 0.4) is 0 Å². The summed E-state index contributed by atoms with van der Waals surface area (Å²) in [6.07, 6.45) is 4.95. The highest BCUT2D eigenvalue weighted by Gasteiger charge is 2.26. The predicted octanol–water partition coefficient (Wildman–Crippen LogP) is 3.38. The van der Waals surface area contributed by atoms with Gasteiger partial charge in [-0.3, -0.25) is 0 Å². The number of benzene rings is 1. The summed E-state index contributed by atoms with van der Waals surface area (Å²) in [5.74, 6) is -0.334. The SMILES string of the molecule is CC(O)(CCCC1CCCO1)c1ccccc1F. The summed E-state index contributed by atoms with van der Waals surface area (Å²) in [6, 6.07) is 6.44. The van der Waals surface area contributed by atoms with Crippen molar-refractivity contribution in [2.24, 2.45) is 0 Å². The van der Waals surface area contributed by atoms with Crippen LogP contribution in [0.25, 0.3) is 0 Å². The topological polar surface area (TPSA) is 29.5 Å². The van der Waals surface area contributed by atoms with Crippen LogP contribution in [-0.2, 0) is 10.3 Å². The van der Waals surface area contributed by atoms with Gasteiger partial charge in [-0.25, -0.2) is 4.39 Å². The monoisotopic (exact) mass is 252 g/mol. The third-order valence-corrected chi connectivity index (χ3v) is 3.67. The smallest absolute Gasteiger partial charge is 0.129 e. The lowest BCUT2D eigenvalue weighted by atomic mass is 9.89. The minimum atomic E-state index is -1.09. The Morgan fingerprint density at radius 2 is 2.22 bits per heavy atom. The van der Waals surface area contributed by atoms with Gasteiger partial charge in [0.2, 0.25) is 0 Å². The van der Waals surface area contributed by atoms with Gasteiger partial charge in [0.25, 0.3) is 0 Å². The maximum atomic E-state index is 13.6. The fourth-order valence-corrected chi connectivity index (χ4v) is 2.58. The first kappa shape index (κ1) is 13.5. The van der Waals surface area contributed by atoms with E-state index in [2.05, 4.69) is 0 Å². The van der Waals surface area contributed by atoms with E-state index in [1.807, 2.05) is 0 Å². The average molecular weight is 252 g/mol. The highest BCUT2D eigenvalue weighted by atomic mass is 19.1. The summed E-state index contributed by atoms with van der Waals surface area (Å²) >= 11 is 0. The molecule has 0 amide bonds. The van der Waals surface area contributed by atoms with E-state index in [0.29, 0.717) is 18.1 Å². The Balaban J connectivity index is 1.88. The Labute approximate surface area is 108 Å². The number of aliphatic hydroxyl groups is 1. The molecule has 1 aliphatic heterocycles. The van der Waals surface area contributed by atoms with Crippen LogP contribution in [0.15, 0.2) is 24.3 Å². The summed E-state index contributed by atoms with van der Waals surface area (Å²) < 4.78 is 19.2. The quantitative estimate of drug-likeness (QED) is 0.870. The molecule has 18 heavy (non-hydrogen) atoms. The summed E-state index contributed by atoms with van der Waals surface area (Å²) in [4.78, 5) is 0. The zero-order valence-corrected chi connectivity index (χ0v) is 10.9. The first-order valence-corrected chi connectivity index (χ1v) is 6.68. The lowest BCUT2D eigenvalue weighted by Gasteiger charge is -2.24.